The molecule has 0 rings (SSSR count). The molecular weight excluding hydrogens is 176 g/mol. The van der Waals surface area contributed by atoms with Crippen molar-refractivity contribution < 1.29 is 13.5 Å². The first kappa shape index (κ1) is 11.6. The van der Waals surface area contributed by atoms with E-state index in [4.69, 9.17) is 0 Å². The van der Waals surface area contributed by atoms with Gasteiger partial charge in [0.15, 0.2) is 0 Å². The molecule has 4 heteroatoms. The number of rotatable bonds is 6. The van der Waals surface area contributed by atoms with Gasteiger partial charge in [-0.2, -0.15) is 0 Å². The minimum absolute atomic E-state index is 0.154. The summed E-state index contributed by atoms with van der Waals surface area (Å²) < 4.78 is 21.3. The quantitative estimate of drug-likeness (QED) is 0.632. The van der Waals surface area contributed by atoms with Gasteiger partial charge in [0.05, 0.1) is 6.10 Å². The summed E-state index contributed by atoms with van der Waals surface area (Å²) in [5, 5.41) is 9.18. The Labute approximate surface area is 74.0 Å². The second kappa shape index (κ2) is 5.32. The number of aliphatic hydroxyl groups is 1. The van der Waals surface area contributed by atoms with Crippen LogP contribution < -0.4 is 0 Å². The molecule has 0 aromatic heterocycles. The minimum atomic E-state index is -2.87. The fraction of sp³-hybridized carbons (Fsp3) is 0.750. The van der Waals surface area contributed by atoms with Gasteiger partial charge in [0.1, 0.15) is 9.84 Å². The lowest BCUT2D eigenvalue weighted by Crippen LogP contribution is -2.09. The van der Waals surface area contributed by atoms with Crippen molar-refractivity contribution in [1.29, 1.82) is 0 Å². The maximum atomic E-state index is 10.7. The lowest BCUT2D eigenvalue weighted by Gasteiger charge is -2.05. The molecule has 1 unspecified atom stereocenters. The molecule has 0 aliphatic rings. The zero-order valence-corrected chi connectivity index (χ0v) is 8.18. The first-order valence-electron chi connectivity index (χ1n) is 3.92. The topological polar surface area (TPSA) is 54.4 Å². The van der Waals surface area contributed by atoms with Crippen LogP contribution in [0.25, 0.3) is 0 Å². The molecule has 0 spiro atoms. The van der Waals surface area contributed by atoms with Gasteiger partial charge in [-0.1, -0.05) is 6.08 Å². The van der Waals surface area contributed by atoms with Crippen LogP contribution in [0, 0.1) is 0 Å². The van der Waals surface area contributed by atoms with E-state index in [1.165, 1.54) is 6.26 Å². The molecule has 0 radical (unpaired) electrons. The summed E-state index contributed by atoms with van der Waals surface area (Å²) in [4.78, 5) is 0. The average molecular weight is 192 g/mol. The van der Waals surface area contributed by atoms with Crippen LogP contribution in [-0.2, 0) is 9.84 Å². The number of sulfone groups is 1. The molecule has 0 heterocycles. The largest absolute Gasteiger partial charge is 0.393 e. The summed E-state index contributed by atoms with van der Waals surface area (Å²) in [6.45, 7) is 3.48. The molecule has 72 valence electrons. The molecular formula is C8H16O3S. The van der Waals surface area contributed by atoms with Crippen LogP contribution in [0.3, 0.4) is 0 Å². The summed E-state index contributed by atoms with van der Waals surface area (Å²) in [5.74, 6) is 0.154. The fourth-order valence-corrected chi connectivity index (χ4v) is 1.58. The summed E-state index contributed by atoms with van der Waals surface area (Å²) in [6.07, 6.45) is 3.97. The van der Waals surface area contributed by atoms with E-state index in [1.807, 2.05) is 0 Å². The Morgan fingerprint density at radius 2 is 2.17 bits per heavy atom. The van der Waals surface area contributed by atoms with Gasteiger partial charge in [0.2, 0.25) is 0 Å². The first-order valence-corrected chi connectivity index (χ1v) is 5.98. The molecule has 0 aromatic rings. The van der Waals surface area contributed by atoms with Crippen molar-refractivity contribution in [3.8, 4) is 0 Å². The number of hydrogen-bond acceptors (Lipinski definition) is 3. The third kappa shape index (κ3) is 7.75. The highest BCUT2D eigenvalue weighted by atomic mass is 32.2. The average Bonchev–Trinajstić information content (AvgIpc) is 1.84. The highest BCUT2D eigenvalue weighted by Crippen LogP contribution is 2.03. The standard InChI is InChI=1S/C8H16O3S/c1-3-5-8(9)6-4-7-12(2,10)11/h3,8-9H,1,4-7H2,2H3. The molecule has 3 nitrogen and oxygen atoms in total. The van der Waals surface area contributed by atoms with Crippen LogP contribution in [0.4, 0.5) is 0 Å². The third-order valence-electron chi connectivity index (χ3n) is 1.49. The van der Waals surface area contributed by atoms with Crippen molar-refractivity contribution in [2.75, 3.05) is 12.0 Å². The van der Waals surface area contributed by atoms with Gasteiger partial charge < -0.3 is 5.11 Å². The Morgan fingerprint density at radius 3 is 2.58 bits per heavy atom. The lowest BCUT2D eigenvalue weighted by molar-refractivity contribution is 0.167. The molecule has 1 atom stereocenters. The van der Waals surface area contributed by atoms with Gasteiger partial charge >= 0.3 is 0 Å². The molecule has 0 aliphatic carbocycles. The molecule has 0 amide bonds. The second-order valence-corrected chi connectivity index (χ2v) is 5.21. The van der Waals surface area contributed by atoms with Gasteiger partial charge in [-0.25, -0.2) is 8.42 Å². The van der Waals surface area contributed by atoms with Crippen molar-refractivity contribution in [1.82, 2.24) is 0 Å². The Balaban J connectivity index is 3.50. The normalized spacial score (nSPS) is 14.2. The Bertz CT molecular complexity index is 218. The van der Waals surface area contributed by atoms with E-state index in [-0.39, 0.29) is 5.75 Å². The van der Waals surface area contributed by atoms with Gasteiger partial charge in [-0.05, 0) is 19.3 Å². The molecule has 0 fully saturated rings. The summed E-state index contributed by atoms with van der Waals surface area (Å²) in [5.41, 5.74) is 0. The Morgan fingerprint density at radius 1 is 1.58 bits per heavy atom. The molecule has 0 aromatic carbocycles. The zero-order valence-electron chi connectivity index (χ0n) is 7.36. The van der Waals surface area contributed by atoms with E-state index < -0.39 is 15.9 Å². The maximum absolute atomic E-state index is 10.7. The van der Waals surface area contributed by atoms with Crippen molar-refractivity contribution in [2.45, 2.75) is 25.4 Å². The van der Waals surface area contributed by atoms with E-state index in [0.29, 0.717) is 19.3 Å². The number of aliphatic hydroxyl groups excluding tert-OH is 1. The maximum Gasteiger partial charge on any atom is 0.147 e. The molecule has 1 N–H and O–H groups in total. The first-order chi connectivity index (χ1) is 5.45. The fourth-order valence-electron chi connectivity index (χ4n) is 0.891. The van der Waals surface area contributed by atoms with Gasteiger partial charge in [0.25, 0.3) is 0 Å². The summed E-state index contributed by atoms with van der Waals surface area (Å²) >= 11 is 0. The molecule has 0 saturated heterocycles. The summed E-state index contributed by atoms with van der Waals surface area (Å²) in [7, 11) is -2.87. The highest BCUT2D eigenvalue weighted by molar-refractivity contribution is 7.90. The molecule has 12 heavy (non-hydrogen) atoms. The third-order valence-corrected chi connectivity index (χ3v) is 2.52. The zero-order chi connectivity index (χ0) is 9.61. The van der Waals surface area contributed by atoms with Gasteiger partial charge in [-0.3, -0.25) is 0 Å². The molecule has 0 saturated carbocycles. The molecule has 0 aliphatic heterocycles. The van der Waals surface area contributed by atoms with Gasteiger partial charge in [0, 0.05) is 12.0 Å². The summed E-state index contributed by atoms with van der Waals surface area (Å²) in [6, 6.07) is 0. The monoisotopic (exact) mass is 192 g/mol. The SMILES string of the molecule is C=CCC(O)CCCS(C)(=O)=O. The van der Waals surface area contributed by atoms with Crippen molar-refractivity contribution in [3.63, 3.8) is 0 Å². The minimum Gasteiger partial charge on any atom is -0.393 e. The van der Waals surface area contributed by atoms with E-state index in [9.17, 15) is 13.5 Å². The lowest BCUT2D eigenvalue weighted by atomic mass is 10.1. The van der Waals surface area contributed by atoms with Crippen LogP contribution in [0.15, 0.2) is 12.7 Å². The van der Waals surface area contributed by atoms with Crippen molar-refractivity contribution in [2.24, 2.45) is 0 Å². The van der Waals surface area contributed by atoms with Crippen LogP contribution in [0.5, 0.6) is 0 Å². The van der Waals surface area contributed by atoms with Crippen molar-refractivity contribution in [3.05, 3.63) is 12.7 Å². The molecule has 0 bridgehead atoms. The van der Waals surface area contributed by atoms with Crippen molar-refractivity contribution >= 4 is 9.84 Å². The van der Waals surface area contributed by atoms with E-state index in [1.54, 1.807) is 6.08 Å². The number of hydrogen-bond donors (Lipinski definition) is 1. The smallest absolute Gasteiger partial charge is 0.147 e. The second-order valence-electron chi connectivity index (χ2n) is 2.95. The predicted octanol–water partition coefficient (Wildman–Crippen LogP) is 0.748. The Hall–Kier alpha value is -0.350. The van der Waals surface area contributed by atoms with E-state index in [0.717, 1.165) is 0 Å². The van der Waals surface area contributed by atoms with E-state index in [2.05, 4.69) is 6.58 Å². The highest BCUT2D eigenvalue weighted by Gasteiger charge is 2.05. The van der Waals surface area contributed by atoms with Crippen LogP contribution in [0.1, 0.15) is 19.3 Å². The Kier molecular flexibility index (Phi) is 5.17. The van der Waals surface area contributed by atoms with Crippen LogP contribution >= 0.6 is 0 Å². The van der Waals surface area contributed by atoms with Crippen LogP contribution in [0.2, 0.25) is 0 Å². The predicted molar refractivity (Wildman–Crippen MR) is 49.8 cm³/mol. The van der Waals surface area contributed by atoms with Crippen LogP contribution in [-0.4, -0.2) is 31.6 Å². The van der Waals surface area contributed by atoms with E-state index >= 15 is 0 Å². The van der Waals surface area contributed by atoms with Gasteiger partial charge in [-0.15, -0.1) is 6.58 Å².